The third-order valence-corrected chi connectivity index (χ3v) is 3.57. The number of nitrogens with zero attached hydrogens (tertiary/aromatic N) is 1. The van der Waals surface area contributed by atoms with Crippen LogP contribution in [0.5, 0.6) is 0 Å². The summed E-state index contributed by atoms with van der Waals surface area (Å²) in [6, 6.07) is 8.62. The maximum Gasteiger partial charge on any atom is 0.236 e. The summed E-state index contributed by atoms with van der Waals surface area (Å²) in [6.45, 7) is 10.2. The highest BCUT2D eigenvalue weighted by atomic mass is 16.2. The number of benzene rings is 1. The van der Waals surface area contributed by atoms with Crippen molar-refractivity contribution in [1.82, 2.24) is 10.2 Å². The van der Waals surface area contributed by atoms with Gasteiger partial charge in [0.25, 0.3) is 0 Å². The monoisotopic (exact) mass is 262 g/mol. The van der Waals surface area contributed by atoms with Gasteiger partial charge in [0.05, 0.1) is 6.54 Å². The van der Waals surface area contributed by atoms with Gasteiger partial charge >= 0.3 is 0 Å². The van der Waals surface area contributed by atoms with Crippen LogP contribution in [0.1, 0.15) is 38.3 Å². The summed E-state index contributed by atoms with van der Waals surface area (Å²) < 4.78 is 0. The minimum Gasteiger partial charge on any atom is -0.338 e. The molecule has 3 heteroatoms. The second kappa shape index (κ2) is 7.95. The van der Waals surface area contributed by atoms with Crippen molar-refractivity contribution >= 4 is 5.91 Å². The lowest BCUT2D eigenvalue weighted by atomic mass is 10.1. The highest BCUT2D eigenvalue weighted by Crippen LogP contribution is 2.10. The van der Waals surface area contributed by atoms with Crippen molar-refractivity contribution < 1.29 is 4.79 Å². The topological polar surface area (TPSA) is 32.3 Å². The van der Waals surface area contributed by atoms with Gasteiger partial charge in [-0.25, -0.2) is 0 Å². The first-order valence-corrected chi connectivity index (χ1v) is 7.14. The molecule has 1 aromatic carbocycles. The number of carbonyl (C=O) groups is 1. The van der Waals surface area contributed by atoms with E-state index in [2.05, 4.69) is 38.2 Å². The van der Waals surface area contributed by atoms with Gasteiger partial charge in [-0.2, -0.15) is 0 Å². The van der Waals surface area contributed by atoms with E-state index in [4.69, 9.17) is 0 Å². The lowest BCUT2D eigenvalue weighted by Gasteiger charge is -2.23. The van der Waals surface area contributed by atoms with Crippen molar-refractivity contribution in [2.75, 3.05) is 13.1 Å². The molecular weight excluding hydrogens is 236 g/mol. The fourth-order valence-corrected chi connectivity index (χ4v) is 1.89. The largest absolute Gasteiger partial charge is 0.338 e. The van der Waals surface area contributed by atoms with E-state index in [1.54, 1.807) is 0 Å². The molecule has 1 unspecified atom stereocenters. The van der Waals surface area contributed by atoms with Crippen LogP contribution in [-0.2, 0) is 11.3 Å². The van der Waals surface area contributed by atoms with Crippen LogP contribution in [0, 0.1) is 6.92 Å². The summed E-state index contributed by atoms with van der Waals surface area (Å²) in [7, 11) is 0. The molecule has 0 aliphatic heterocycles. The molecule has 0 radical (unpaired) electrons. The molecule has 1 N–H and O–H groups in total. The second-order valence-electron chi connectivity index (χ2n) is 5.02. The van der Waals surface area contributed by atoms with Gasteiger partial charge in [-0.1, -0.05) is 31.2 Å². The summed E-state index contributed by atoms with van der Waals surface area (Å²) in [5.74, 6) is 0.172. The lowest BCUT2D eigenvalue weighted by molar-refractivity contribution is -0.130. The van der Waals surface area contributed by atoms with Crippen LogP contribution in [0.25, 0.3) is 0 Å². The Kier molecular flexibility index (Phi) is 6.57. The maximum atomic E-state index is 12.2. The molecule has 0 saturated heterocycles. The van der Waals surface area contributed by atoms with Crippen molar-refractivity contribution in [1.29, 1.82) is 0 Å². The quantitative estimate of drug-likeness (QED) is 0.819. The molecular formula is C16H26N2O. The summed E-state index contributed by atoms with van der Waals surface area (Å²) >= 11 is 0. The van der Waals surface area contributed by atoms with Gasteiger partial charge in [0, 0.05) is 19.1 Å². The van der Waals surface area contributed by atoms with Crippen LogP contribution in [-0.4, -0.2) is 29.9 Å². The first-order valence-electron chi connectivity index (χ1n) is 7.14. The van der Waals surface area contributed by atoms with Crippen molar-refractivity contribution in [3.05, 3.63) is 35.4 Å². The number of hydrogen-bond donors (Lipinski definition) is 1. The third-order valence-electron chi connectivity index (χ3n) is 3.57. The van der Waals surface area contributed by atoms with Gasteiger partial charge in [0.1, 0.15) is 0 Å². The van der Waals surface area contributed by atoms with E-state index in [0.717, 1.165) is 13.0 Å². The number of aryl methyl sites for hydroxylation is 1. The Morgan fingerprint density at radius 2 is 2.00 bits per heavy atom. The van der Waals surface area contributed by atoms with Crippen LogP contribution in [0.2, 0.25) is 0 Å². The molecule has 1 amide bonds. The molecule has 0 spiro atoms. The predicted octanol–water partition coefficient (Wildman–Crippen LogP) is 2.73. The number of likely N-dealkylation sites (N-methyl/N-ethyl adjacent to an activating group) is 1. The molecule has 0 aliphatic rings. The minimum atomic E-state index is 0.172. The van der Waals surface area contributed by atoms with Crippen molar-refractivity contribution in [2.45, 2.75) is 46.7 Å². The highest BCUT2D eigenvalue weighted by Gasteiger charge is 2.13. The molecule has 0 bridgehead atoms. The first-order chi connectivity index (χ1) is 9.08. The number of amides is 1. The van der Waals surface area contributed by atoms with Gasteiger partial charge in [-0.15, -0.1) is 0 Å². The minimum absolute atomic E-state index is 0.172. The van der Waals surface area contributed by atoms with E-state index in [1.165, 1.54) is 11.1 Å². The zero-order valence-electron chi connectivity index (χ0n) is 12.6. The lowest BCUT2D eigenvalue weighted by Crippen LogP contribution is -2.40. The summed E-state index contributed by atoms with van der Waals surface area (Å²) in [6.07, 6.45) is 1.04. The van der Waals surface area contributed by atoms with Gasteiger partial charge < -0.3 is 10.2 Å². The van der Waals surface area contributed by atoms with Crippen molar-refractivity contribution in [3.63, 3.8) is 0 Å². The van der Waals surface area contributed by atoms with Crippen LogP contribution >= 0.6 is 0 Å². The maximum absolute atomic E-state index is 12.2. The number of rotatable bonds is 7. The van der Waals surface area contributed by atoms with Gasteiger partial charge in [0.15, 0.2) is 0 Å². The predicted molar refractivity (Wildman–Crippen MR) is 80.0 cm³/mol. The van der Waals surface area contributed by atoms with E-state index in [1.807, 2.05) is 24.0 Å². The Balaban J connectivity index is 2.58. The van der Waals surface area contributed by atoms with Crippen molar-refractivity contribution in [3.8, 4) is 0 Å². The van der Waals surface area contributed by atoms with E-state index in [-0.39, 0.29) is 5.91 Å². The zero-order valence-corrected chi connectivity index (χ0v) is 12.6. The molecule has 3 nitrogen and oxygen atoms in total. The molecule has 19 heavy (non-hydrogen) atoms. The fourth-order valence-electron chi connectivity index (χ4n) is 1.89. The molecule has 0 heterocycles. The average Bonchev–Trinajstić information content (AvgIpc) is 2.43. The van der Waals surface area contributed by atoms with Gasteiger partial charge in [-0.05, 0) is 38.3 Å². The third kappa shape index (κ3) is 5.03. The number of hydrogen-bond acceptors (Lipinski definition) is 2. The molecule has 0 fully saturated rings. The summed E-state index contributed by atoms with van der Waals surface area (Å²) in [5, 5.41) is 3.26. The standard InChI is InChI=1S/C16H26N2O/c1-5-14(4)17-11-16(19)18(6-2)12-15-10-8-7-9-13(15)3/h7-10,14,17H,5-6,11-12H2,1-4H3. The molecule has 0 aromatic heterocycles. The average molecular weight is 262 g/mol. The smallest absolute Gasteiger partial charge is 0.236 e. The zero-order chi connectivity index (χ0) is 14.3. The second-order valence-corrected chi connectivity index (χ2v) is 5.02. The Labute approximate surface area is 117 Å². The van der Waals surface area contributed by atoms with Crippen molar-refractivity contribution in [2.24, 2.45) is 0 Å². The number of carbonyl (C=O) groups excluding carboxylic acids is 1. The fraction of sp³-hybridized carbons (Fsp3) is 0.562. The Bertz CT molecular complexity index is 403. The van der Waals surface area contributed by atoms with E-state index in [0.29, 0.717) is 19.1 Å². The van der Waals surface area contributed by atoms with Crippen LogP contribution in [0.3, 0.4) is 0 Å². The normalized spacial score (nSPS) is 12.2. The van der Waals surface area contributed by atoms with Crippen LogP contribution in [0.15, 0.2) is 24.3 Å². The number of nitrogens with one attached hydrogen (secondary N) is 1. The van der Waals surface area contributed by atoms with Gasteiger partial charge in [-0.3, -0.25) is 4.79 Å². The Hall–Kier alpha value is -1.35. The van der Waals surface area contributed by atoms with E-state index >= 15 is 0 Å². The Morgan fingerprint density at radius 1 is 1.32 bits per heavy atom. The summed E-state index contributed by atoms with van der Waals surface area (Å²) in [5.41, 5.74) is 2.46. The van der Waals surface area contributed by atoms with Gasteiger partial charge in [0.2, 0.25) is 5.91 Å². The van der Waals surface area contributed by atoms with E-state index in [9.17, 15) is 4.79 Å². The molecule has 1 aromatic rings. The molecule has 0 aliphatic carbocycles. The molecule has 0 saturated carbocycles. The Morgan fingerprint density at radius 3 is 2.58 bits per heavy atom. The first kappa shape index (κ1) is 15.7. The molecule has 106 valence electrons. The SMILES string of the molecule is CCC(C)NCC(=O)N(CC)Cc1ccccc1C. The van der Waals surface area contributed by atoms with Crippen LogP contribution < -0.4 is 5.32 Å². The summed E-state index contributed by atoms with van der Waals surface area (Å²) in [4.78, 5) is 14.1. The molecule has 1 rings (SSSR count). The highest BCUT2D eigenvalue weighted by molar-refractivity contribution is 5.78. The van der Waals surface area contributed by atoms with Crippen LogP contribution in [0.4, 0.5) is 0 Å². The molecule has 1 atom stereocenters. The van der Waals surface area contributed by atoms with E-state index < -0.39 is 0 Å².